The van der Waals surface area contributed by atoms with Crippen LogP contribution in [0.3, 0.4) is 0 Å². The third-order valence-corrected chi connectivity index (χ3v) is 7.76. The highest BCUT2D eigenvalue weighted by atomic mass is 32.2. The number of hydrogen-bond donors (Lipinski definition) is 1. The number of allylic oxidation sites excluding steroid dienone is 1. The summed E-state index contributed by atoms with van der Waals surface area (Å²) < 4.78 is 13.2. The second-order valence-corrected chi connectivity index (χ2v) is 10.7. The molecule has 0 fully saturated rings. The Kier molecular flexibility index (Phi) is 7.43. The number of carbonyl (C=O) groups is 1. The summed E-state index contributed by atoms with van der Waals surface area (Å²) in [6, 6.07) is 25.7. The fourth-order valence-corrected chi connectivity index (χ4v) is 5.54. The maximum absolute atomic E-state index is 13.0. The van der Waals surface area contributed by atoms with Gasteiger partial charge in [0, 0.05) is 22.6 Å². The third-order valence-electron chi connectivity index (χ3n) is 6.85. The van der Waals surface area contributed by atoms with E-state index < -0.39 is 6.04 Å². The predicted molar refractivity (Wildman–Crippen MR) is 159 cm³/mol. The highest BCUT2D eigenvalue weighted by Gasteiger charge is 2.35. The minimum Gasteiger partial charge on any atom is -0.463 e. The van der Waals surface area contributed by atoms with E-state index in [2.05, 4.69) is 22.4 Å². The zero-order valence-electron chi connectivity index (χ0n) is 23.0. The van der Waals surface area contributed by atoms with Crippen molar-refractivity contribution in [1.29, 1.82) is 0 Å². The summed E-state index contributed by atoms with van der Waals surface area (Å²) in [7, 11) is 0. The van der Waals surface area contributed by atoms with Crippen molar-refractivity contribution in [2.45, 2.75) is 37.7 Å². The molecule has 0 amide bonds. The standard InChI is InChI=1S/C32H29N5O3S/c1-4-39-30(38)27-21(3)34-31-35-32(36-37(31)28(27)24-14-10-20(2)11-15-24)41-19-22-12-16-25(17-13-22)29-33-18-26(40-29)23-8-6-5-7-9-23/h5-18,28H,4,19H2,1-3H3,(H,34,35,36)/t28-/m0/s1. The number of aromatic nitrogens is 4. The van der Waals surface area contributed by atoms with Gasteiger partial charge in [-0.3, -0.25) is 0 Å². The van der Waals surface area contributed by atoms with E-state index in [1.165, 1.54) is 11.8 Å². The van der Waals surface area contributed by atoms with Crippen LogP contribution in [0.5, 0.6) is 0 Å². The number of nitrogens with one attached hydrogen (secondary N) is 1. The van der Waals surface area contributed by atoms with E-state index in [1.54, 1.807) is 17.8 Å². The van der Waals surface area contributed by atoms with Crippen LogP contribution in [0.15, 0.2) is 106 Å². The van der Waals surface area contributed by atoms with Gasteiger partial charge in [-0.1, -0.05) is 84.1 Å². The Morgan fingerprint density at radius 2 is 1.76 bits per heavy atom. The molecule has 3 heterocycles. The van der Waals surface area contributed by atoms with Crippen LogP contribution in [0, 0.1) is 6.92 Å². The number of hydrogen-bond acceptors (Lipinski definition) is 8. The van der Waals surface area contributed by atoms with E-state index in [4.69, 9.17) is 19.2 Å². The van der Waals surface area contributed by atoms with Gasteiger partial charge in [0.1, 0.15) is 6.04 Å². The third kappa shape index (κ3) is 5.53. The molecule has 41 heavy (non-hydrogen) atoms. The molecule has 206 valence electrons. The van der Waals surface area contributed by atoms with E-state index in [9.17, 15) is 4.79 Å². The smallest absolute Gasteiger partial charge is 0.338 e. The molecule has 1 N–H and O–H groups in total. The first-order valence-corrected chi connectivity index (χ1v) is 14.4. The number of carbonyl (C=O) groups excluding carboxylic acids is 1. The summed E-state index contributed by atoms with van der Waals surface area (Å²) >= 11 is 1.53. The number of oxazole rings is 1. The first kappa shape index (κ1) is 26.6. The van der Waals surface area contributed by atoms with Gasteiger partial charge in [0.25, 0.3) is 0 Å². The van der Waals surface area contributed by atoms with Crippen LogP contribution in [-0.2, 0) is 15.3 Å². The lowest BCUT2D eigenvalue weighted by molar-refractivity contribution is -0.139. The first-order chi connectivity index (χ1) is 20.0. The molecule has 2 aromatic heterocycles. The number of anilines is 1. The van der Waals surface area contributed by atoms with Gasteiger partial charge in [-0.25, -0.2) is 14.5 Å². The maximum Gasteiger partial charge on any atom is 0.338 e. The Labute approximate surface area is 242 Å². The van der Waals surface area contributed by atoms with Gasteiger partial charge in [-0.05, 0) is 44.0 Å². The topological polar surface area (TPSA) is 95.1 Å². The fourth-order valence-electron chi connectivity index (χ4n) is 4.76. The van der Waals surface area contributed by atoms with Crippen molar-refractivity contribution in [2.75, 3.05) is 11.9 Å². The van der Waals surface area contributed by atoms with Crippen molar-refractivity contribution >= 4 is 23.7 Å². The van der Waals surface area contributed by atoms with Crippen molar-refractivity contribution in [1.82, 2.24) is 19.7 Å². The number of ether oxygens (including phenoxy) is 1. The fraction of sp³-hybridized carbons (Fsp3) is 0.188. The molecule has 3 aromatic carbocycles. The molecule has 1 aliphatic heterocycles. The van der Waals surface area contributed by atoms with E-state index in [0.717, 1.165) is 33.6 Å². The van der Waals surface area contributed by atoms with Gasteiger partial charge < -0.3 is 14.5 Å². The molecule has 6 rings (SSSR count). The van der Waals surface area contributed by atoms with Crippen molar-refractivity contribution in [2.24, 2.45) is 0 Å². The first-order valence-electron chi connectivity index (χ1n) is 13.4. The molecule has 1 atom stereocenters. The zero-order chi connectivity index (χ0) is 28.3. The SMILES string of the molecule is CCOC(=O)C1=C(C)Nc2nc(SCc3ccc(-c4ncc(-c5ccccc5)o4)cc3)nn2[C@H]1c1ccc(C)cc1. The van der Waals surface area contributed by atoms with Crippen LogP contribution in [0.1, 0.15) is 36.6 Å². The molecular weight excluding hydrogens is 534 g/mol. The van der Waals surface area contributed by atoms with Crippen LogP contribution in [-0.4, -0.2) is 32.3 Å². The van der Waals surface area contributed by atoms with Gasteiger partial charge >= 0.3 is 5.97 Å². The number of fused-ring (bicyclic) bond motifs is 1. The molecule has 0 saturated heterocycles. The Morgan fingerprint density at radius 3 is 2.49 bits per heavy atom. The largest absolute Gasteiger partial charge is 0.463 e. The van der Waals surface area contributed by atoms with Gasteiger partial charge in [0.05, 0.1) is 18.4 Å². The van der Waals surface area contributed by atoms with Crippen molar-refractivity contribution < 1.29 is 13.9 Å². The zero-order valence-corrected chi connectivity index (χ0v) is 23.8. The van der Waals surface area contributed by atoms with Crippen LogP contribution < -0.4 is 5.32 Å². The summed E-state index contributed by atoms with van der Waals surface area (Å²) in [5.74, 6) is 2.23. The van der Waals surface area contributed by atoms with E-state index in [0.29, 0.717) is 40.6 Å². The number of aryl methyl sites for hydroxylation is 1. The molecule has 0 saturated carbocycles. The summed E-state index contributed by atoms with van der Waals surface area (Å²) in [5, 5.41) is 8.68. The number of rotatable bonds is 8. The molecule has 0 aliphatic carbocycles. The highest BCUT2D eigenvalue weighted by Crippen LogP contribution is 2.37. The number of esters is 1. The van der Waals surface area contributed by atoms with E-state index in [-0.39, 0.29) is 5.97 Å². The Balaban J connectivity index is 1.20. The molecule has 0 radical (unpaired) electrons. The molecule has 0 unspecified atom stereocenters. The highest BCUT2D eigenvalue weighted by molar-refractivity contribution is 7.98. The maximum atomic E-state index is 13.0. The van der Waals surface area contributed by atoms with E-state index in [1.807, 2.05) is 80.6 Å². The van der Waals surface area contributed by atoms with Crippen LogP contribution in [0.2, 0.25) is 0 Å². The average Bonchev–Trinajstić information content (AvgIpc) is 3.64. The Morgan fingerprint density at radius 1 is 1.00 bits per heavy atom. The molecule has 0 bridgehead atoms. The molecule has 0 spiro atoms. The summed E-state index contributed by atoms with van der Waals surface area (Å²) in [6.45, 7) is 6.01. The lowest BCUT2D eigenvalue weighted by atomic mass is 9.95. The number of benzene rings is 3. The van der Waals surface area contributed by atoms with Crippen molar-refractivity contribution in [3.63, 3.8) is 0 Å². The number of nitrogens with zero attached hydrogens (tertiary/aromatic N) is 4. The van der Waals surface area contributed by atoms with Crippen LogP contribution in [0.25, 0.3) is 22.8 Å². The summed E-state index contributed by atoms with van der Waals surface area (Å²) in [5.41, 5.74) is 6.35. The normalized spacial score (nSPS) is 14.5. The van der Waals surface area contributed by atoms with Gasteiger partial charge in [0.2, 0.25) is 17.0 Å². The van der Waals surface area contributed by atoms with Gasteiger partial charge in [-0.2, -0.15) is 4.98 Å². The second kappa shape index (κ2) is 11.5. The molecule has 8 nitrogen and oxygen atoms in total. The molecule has 9 heteroatoms. The quantitative estimate of drug-likeness (QED) is 0.158. The monoisotopic (exact) mass is 563 g/mol. The van der Waals surface area contributed by atoms with Gasteiger partial charge in [-0.15, -0.1) is 5.10 Å². The minimum absolute atomic E-state index is 0.296. The van der Waals surface area contributed by atoms with Crippen LogP contribution in [0.4, 0.5) is 5.95 Å². The Hall–Kier alpha value is -4.63. The summed E-state index contributed by atoms with van der Waals surface area (Å²) in [6.07, 6.45) is 1.75. The number of thioether (sulfide) groups is 1. The van der Waals surface area contributed by atoms with Crippen LogP contribution >= 0.6 is 11.8 Å². The molecule has 1 aliphatic rings. The van der Waals surface area contributed by atoms with Crippen molar-refractivity contribution in [3.8, 4) is 22.8 Å². The average molecular weight is 564 g/mol. The lowest BCUT2D eigenvalue weighted by Crippen LogP contribution is -2.29. The minimum atomic E-state index is -0.436. The molecule has 5 aromatic rings. The lowest BCUT2D eigenvalue weighted by Gasteiger charge is -2.28. The second-order valence-electron chi connectivity index (χ2n) is 9.74. The van der Waals surface area contributed by atoms with E-state index >= 15 is 0 Å². The summed E-state index contributed by atoms with van der Waals surface area (Å²) in [4.78, 5) is 22.2. The predicted octanol–water partition coefficient (Wildman–Crippen LogP) is 7.05. The van der Waals surface area contributed by atoms with Gasteiger partial charge in [0.15, 0.2) is 5.76 Å². The molecular formula is C32H29N5O3S. The Bertz CT molecular complexity index is 1710. The van der Waals surface area contributed by atoms with Crippen molar-refractivity contribution in [3.05, 3.63) is 113 Å².